The molecule has 0 aromatic heterocycles. The molecular weight excluding hydrogens is 188 g/mol. The van der Waals surface area contributed by atoms with E-state index in [0.717, 1.165) is 19.4 Å². The maximum absolute atomic E-state index is 10.5. The van der Waals surface area contributed by atoms with Crippen LogP contribution in [0.2, 0.25) is 0 Å². The van der Waals surface area contributed by atoms with Crippen molar-refractivity contribution in [3.63, 3.8) is 0 Å². The first-order valence-corrected chi connectivity index (χ1v) is 6.12. The fourth-order valence-corrected chi connectivity index (χ4v) is 1.84. The fourth-order valence-electron chi connectivity index (χ4n) is 1.84. The van der Waals surface area contributed by atoms with Gasteiger partial charge in [0.25, 0.3) is 0 Å². The molecule has 1 aliphatic carbocycles. The second-order valence-electron chi connectivity index (χ2n) is 4.04. The molecule has 0 spiro atoms. The first-order chi connectivity index (χ1) is 7.30. The second kappa shape index (κ2) is 9.97. The molecule has 1 aliphatic heterocycles. The van der Waals surface area contributed by atoms with E-state index in [9.17, 15) is 4.79 Å². The van der Waals surface area contributed by atoms with Gasteiger partial charge in [0, 0.05) is 20.0 Å². The van der Waals surface area contributed by atoms with Gasteiger partial charge in [-0.15, -0.1) is 0 Å². The quantitative estimate of drug-likeness (QED) is 0.671. The summed E-state index contributed by atoms with van der Waals surface area (Å²) in [5.41, 5.74) is 4.50. The molecule has 1 saturated carbocycles. The fraction of sp³-hybridized carbons (Fsp3) is 0.917. The molecule has 0 aromatic rings. The van der Waals surface area contributed by atoms with Gasteiger partial charge in [-0.2, -0.15) is 0 Å². The summed E-state index contributed by atoms with van der Waals surface area (Å²) in [4.78, 5) is 12.3. The molecule has 1 saturated heterocycles. The molecule has 2 N–H and O–H groups in total. The summed E-state index contributed by atoms with van der Waals surface area (Å²) in [6, 6.07) is 0. The van der Waals surface area contributed by atoms with E-state index in [1.807, 2.05) is 7.05 Å². The van der Waals surface area contributed by atoms with Crippen molar-refractivity contribution in [1.82, 2.24) is 4.90 Å². The van der Waals surface area contributed by atoms with Gasteiger partial charge in [0.2, 0.25) is 5.91 Å². The SMILES string of the molecule is C1CCCCC1.CN.CN1CCCC1=O. The molecule has 90 valence electrons. The normalized spacial score (nSPS) is 19.9. The molecule has 3 heteroatoms. The summed E-state index contributed by atoms with van der Waals surface area (Å²) in [7, 11) is 3.34. The molecule has 1 amide bonds. The Morgan fingerprint density at radius 2 is 1.33 bits per heavy atom. The molecule has 0 atom stereocenters. The number of carbonyl (C=O) groups is 1. The van der Waals surface area contributed by atoms with Gasteiger partial charge in [0.1, 0.15) is 0 Å². The first kappa shape index (κ1) is 14.4. The zero-order valence-electron chi connectivity index (χ0n) is 10.3. The second-order valence-corrected chi connectivity index (χ2v) is 4.04. The highest BCUT2D eigenvalue weighted by Crippen LogP contribution is 2.15. The summed E-state index contributed by atoms with van der Waals surface area (Å²) in [5.74, 6) is 0.292. The van der Waals surface area contributed by atoms with Gasteiger partial charge in [-0.05, 0) is 13.5 Å². The van der Waals surface area contributed by atoms with Gasteiger partial charge in [-0.3, -0.25) is 4.79 Å². The standard InChI is InChI=1S/C6H12.C5H9NO.CH5N/c1-2-4-6-5-3-1;1-6-4-2-3-5(6)7;1-2/h1-6H2;2-4H2,1H3;2H2,1H3. The lowest BCUT2D eigenvalue weighted by molar-refractivity contribution is -0.126. The van der Waals surface area contributed by atoms with Crippen molar-refractivity contribution in [2.24, 2.45) is 5.73 Å². The Morgan fingerprint density at radius 3 is 1.47 bits per heavy atom. The largest absolute Gasteiger partial charge is 0.346 e. The van der Waals surface area contributed by atoms with Gasteiger partial charge >= 0.3 is 0 Å². The van der Waals surface area contributed by atoms with E-state index in [1.54, 1.807) is 4.90 Å². The Bertz CT molecular complexity index is 144. The van der Waals surface area contributed by atoms with Gasteiger partial charge in [0.05, 0.1) is 0 Å². The topological polar surface area (TPSA) is 46.3 Å². The molecule has 1 heterocycles. The van der Waals surface area contributed by atoms with E-state index in [1.165, 1.54) is 45.6 Å². The lowest BCUT2D eigenvalue weighted by atomic mass is 10.0. The Morgan fingerprint density at radius 1 is 0.933 bits per heavy atom. The van der Waals surface area contributed by atoms with Crippen molar-refractivity contribution in [2.75, 3.05) is 20.6 Å². The number of nitrogens with two attached hydrogens (primary N) is 1. The van der Waals surface area contributed by atoms with Crippen LogP contribution >= 0.6 is 0 Å². The maximum Gasteiger partial charge on any atom is 0.222 e. The highest BCUT2D eigenvalue weighted by atomic mass is 16.2. The van der Waals surface area contributed by atoms with Crippen molar-refractivity contribution >= 4 is 5.91 Å². The lowest BCUT2D eigenvalue weighted by Crippen LogP contribution is -2.17. The monoisotopic (exact) mass is 214 g/mol. The van der Waals surface area contributed by atoms with Crippen molar-refractivity contribution in [3.8, 4) is 0 Å². The number of hydrogen-bond acceptors (Lipinski definition) is 2. The number of hydrogen-bond donors (Lipinski definition) is 1. The third-order valence-corrected chi connectivity index (χ3v) is 2.81. The van der Waals surface area contributed by atoms with Crippen molar-refractivity contribution < 1.29 is 4.79 Å². The smallest absolute Gasteiger partial charge is 0.222 e. The summed E-state index contributed by atoms with van der Waals surface area (Å²) in [6.45, 7) is 0.957. The molecule has 3 nitrogen and oxygen atoms in total. The molecule has 0 bridgehead atoms. The summed E-state index contributed by atoms with van der Waals surface area (Å²) in [5, 5.41) is 0. The van der Waals surface area contributed by atoms with Gasteiger partial charge in [0.15, 0.2) is 0 Å². The van der Waals surface area contributed by atoms with E-state index >= 15 is 0 Å². The Kier molecular flexibility index (Phi) is 9.59. The Balaban J connectivity index is 0.000000227. The van der Waals surface area contributed by atoms with Crippen LogP contribution in [0, 0.1) is 0 Å². The summed E-state index contributed by atoms with van der Waals surface area (Å²) < 4.78 is 0. The van der Waals surface area contributed by atoms with Crippen LogP contribution in [0.4, 0.5) is 0 Å². The van der Waals surface area contributed by atoms with Gasteiger partial charge in [-0.1, -0.05) is 38.5 Å². The summed E-state index contributed by atoms with van der Waals surface area (Å²) >= 11 is 0. The predicted molar refractivity (Wildman–Crippen MR) is 64.7 cm³/mol. The zero-order chi connectivity index (χ0) is 11.5. The number of amides is 1. The van der Waals surface area contributed by atoms with Crippen LogP contribution < -0.4 is 5.73 Å². The minimum Gasteiger partial charge on any atom is -0.346 e. The number of nitrogens with zero attached hydrogens (tertiary/aromatic N) is 1. The third kappa shape index (κ3) is 7.37. The highest BCUT2D eigenvalue weighted by Gasteiger charge is 2.14. The average Bonchev–Trinajstić information content (AvgIpc) is 2.69. The van der Waals surface area contributed by atoms with Crippen LogP contribution in [0.25, 0.3) is 0 Å². The zero-order valence-corrected chi connectivity index (χ0v) is 10.3. The van der Waals surface area contributed by atoms with Crippen LogP contribution in [0.5, 0.6) is 0 Å². The molecular formula is C12H26N2O. The number of likely N-dealkylation sites (tertiary alicyclic amines) is 1. The Labute approximate surface area is 94.0 Å². The van der Waals surface area contributed by atoms with Crippen LogP contribution in [0.1, 0.15) is 51.4 Å². The number of carbonyl (C=O) groups excluding carboxylic acids is 1. The van der Waals surface area contributed by atoms with Crippen molar-refractivity contribution in [2.45, 2.75) is 51.4 Å². The van der Waals surface area contributed by atoms with Gasteiger partial charge < -0.3 is 10.6 Å². The van der Waals surface area contributed by atoms with Crippen LogP contribution in [0.15, 0.2) is 0 Å². The van der Waals surface area contributed by atoms with Crippen molar-refractivity contribution in [3.05, 3.63) is 0 Å². The average molecular weight is 214 g/mol. The van der Waals surface area contributed by atoms with E-state index < -0.39 is 0 Å². The van der Waals surface area contributed by atoms with E-state index in [0.29, 0.717) is 5.91 Å². The van der Waals surface area contributed by atoms with E-state index in [4.69, 9.17) is 0 Å². The maximum atomic E-state index is 10.5. The molecule has 0 unspecified atom stereocenters. The molecule has 2 rings (SSSR count). The van der Waals surface area contributed by atoms with Crippen LogP contribution in [-0.4, -0.2) is 31.4 Å². The summed E-state index contributed by atoms with van der Waals surface area (Å²) in [6.07, 6.45) is 10.8. The van der Waals surface area contributed by atoms with Crippen LogP contribution in [0.3, 0.4) is 0 Å². The molecule has 0 radical (unpaired) electrons. The van der Waals surface area contributed by atoms with E-state index in [2.05, 4.69) is 5.73 Å². The third-order valence-electron chi connectivity index (χ3n) is 2.81. The molecule has 0 aromatic carbocycles. The minimum atomic E-state index is 0.292. The molecule has 2 aliphatic rings. The minimum absolute atomic E-state index is 0.292. The first-order valence-electron chi connectivity index (χ1n) is 6.12. The predicted octanol–water partition coefficient (Wildman–Crippen LogP) is 2.15. The Hall–Kier alpha value is -0.570. The van der Waals surface area contributed by atoms with Crippen LogP contribution in [-0.2, 0) is 4.79 Å². The lowest BCUT2D eigenvalue weighted by Gasteiger charge is -2.05. The van der Waals surface area contributed by atoms with E-state index in [-0.39, 0.29) is 0 Å². The van der Waals surface area contributed by atoms with Crippen molar-refractivity contribution in [1.29, 1.82) is 0 Å². The van der Waals surface area contributed by atoms with Gasteiger partial charge in [-0.25, -0.2) is 0 Å². The highest BCUT2D eigenvalue weighted by molar-refractivity contribution is 5.77. The molecule has 15 heavy (non-hydrogen) atoms. The molecule has 2 fully saturated rings. The number of rotatable bonds is 0.